The minimum atomic E-state index is -0.584. The Bertz CT molecular complexity index is 2080. The lowest BCUT2D eigenvalue weighted by Gasteiger charge is -2.18. The summed E-state index contributed by atoms with van der Waals surface area (Å²) in [6.07, 6.45) is 4.42. The van der Waals surface area contributed by atoms with Gasteiger partial charge in [-0.3, -0.25) is 24.5 Å². The van der Waals surface area contributed by atoms with E-state index < -0.39 is 16.7 Å². The van der Waals surface area contributed by atoms with Crippen LogP contribution in [0.5, 0.6) is 5.75 Å². The van der Waals surface area contributed by atoms with Crippen LogP contribution < -0.4 is 15.5 Å². The van der Waals surface area contributed by atoms with E-state index >= 15 is 0 Å². The second-order valence-electron chi connectivity index (χ2n) is 11.0. The summed E-state index contributed by atoms with van der Waals surface area (Å²) in [4.78, 5) is 52.1. The van der Waals surface area contributed by atoms with Crippen molar-refractivity contribution in [2.75, 3.05) is 28.0 Å². The van der Waals surface area contributed by atoms with Crippen molar-refractivity contribution >= 4 is 96.1 Å². The van der Waals surface area contributed by atoms with Gasteiger partial charge in [-0.2, -0.15) is 0 Å². The number of halogens is 2. The minimum absolute atomic E-state index is 0.0847. The molecule has 3 N–H and O–H groups in total. The van der Waals surface area contributed by atoms with E-state index in [1.807, 2.05) is 5.38 Å². The highest BCUT2D eigenvalue weighted by Crippen LogP contribution is 2.49. The van der Waals surface area contributed by atoms with Crippen molar-refractivity contribution in [2.24, 2.45) is 21.1 Å². The molecule has 5 heterocycles. The molecule has 4 aromatic heterocycles. The molecule has 46 heavy (non-hydrogen) atoms. The largest absolute Gasteiger partial charge is 0.506 e. The van der Waals surface area contributed by atoms with E-state index in [1.54, 1.807) is 48.1 Å². The Morgan fingerprint density at radius 2 is 1.59 bits per heavy atom. The van der Waals surface area contributed by atoms with Gasteiger partial charge >= 0.3 is 0 Å². The third kappa shape index (κ3) is 5.41. The van der Waals surface area contributed by atoms with Gasteiger partial charge in [0.25, 0.3) is 23.4 Å². The Morgan fingerprint density at radius 3 is 2.17 bits per heavy atom. The van der Waals surface area contributed by atoms with Gasteiger partial charge in [-0.1, -0.05) is 22.6 Å². The van der Waals surface area contributed by atoms with Gasteiger partial charge in [0.1, 0.15) is 22.8 Å². The lowest BCUT2D eigenvalue weighted by molar-refractivity contribution is -0.384. The molecule has 0 unspecified atom stereocenters. The van der Waals surface area contributed by atoms with Crippen LogP contribution in [0.4, 0.5) is 22.7 Å². The quantitative estimate of drug-likeness (QED) is 0.0766. The summed E-state index contributed by atoms with van der Waals surface area (Å²) < 4.78 is 6.04. The average molecular weight is 776 g/mol. The van der Waals surface area contributed by atoms with Crippen molar-refractivity contribution < 1.29 is 24.4 Å². The number of rotatable bonds is 8. The van der Waals surface area contributed by atoms with Gasteiger partial charge in [0, 0.05) is 73.8 Å². The van der Waals surface area contributed by atoms with Crippen LogP contribution in [0, 0.1) is 10.1 Å². The van der Waals surface area contributed by atoms with Gasteiger partial charge in [-0.25, -0.2) is 0 Å². The summed E-state index contributed by atoms with van der Waals surface area (Å²) in [6, 6.07) is 5.87. The van der Waals surface area contributed by atoms with Crippen LogP contribution in [0.1, 0.15) is 48.5 Å². The molecule has 0 radical (unpaired) electrons. The fourth-order valence-electron chi connectivity index (χ4n) is 5.85. The number of hydrogen-bond donors (Lipinski definition) is 3. The summed E-state index contributed by atoms with van der Waals surface area (Å²) >= 11 is 10.2. The highest BCUT2D eigenvalue weighted by atomic mass is 127. The Balaban J connectivity index is 1.21. The topological polar surface area (TPSA) is 157 Å². The van der Waals surface area contributed by atoms with Gasteiger partial charge < -0.3 is 34.3 Å². The molecule has 16 heteroatoms. The van der Waals surface area contributed by atoms with Gasteiger partial charge in [-0.15, -0.1) is 22.9 Å². The molecule has 1 aliphatic rings. The molecule has 0 fully saturated rings. The maximum Gasteiger partial charge on any atom is 0.287 e. The summed E-state index contributed by atoms with van der Waals surface area (Å²) in [5.74, 6) is -1.03. The van der Waals surface area contributed by atoms with Crippen molar-refractivity contribution in [3.8, 4) is 5.75 Å². The van der Waals surface area contributed by atoms with Crippen LogP contribution in [-0.2, 0) is 25.6 Å². The van der Waals surface area contributed by atoms with Gasteiger partial charge in [-0.05, 0) is 28.6 Å². The van der Waals surface area contributed by atoms with Crippen LogP contribution in [0.25, 0.3) is 10.1 Å². The predicted molar refractivity (Wildman–Crippen MR) is 185 cm³/mol. The van der Waals surface area contributed by atoms with Gasteiger partial charge in [0.05, 0.1) is 32.9 Å². The van der Waals surface area contributed by atoms with Crippen molar-refractivity contribution in [3.05, 3.63) is 86.6 Å². The lowest BCUT2D eigenvalue weighted by Crippen LogP contribution is -2.31. The molecule has 0 bridgehead atoms. The molecule has 0 aliphatic carbocycles. The molecule has 6 rings (SSSR count). The first-order valence-electron chi connectivity index (χ1n) is 13.9. The minimum Gasteiger partial charge on any atom is -0.506 e. The first-order valence-corrected chi connectivity index (χ1v) is 16.8. The van der Waals surface area contributed by atoms with Crippen LogP contribution in [0.2, 0.25) is 0 Å². The number of hydrogen-bond acceptors (Lipinski definition) is 7. The number of phenols is 1. The number of phenolic OH excluding ortho intramolecular Hbond substituents is 1. The zero-order valence-corrected chi connectivity index (χ0v) is 28.4. The first kappa shape index (κ1) is 31.6. The third-order valence-corrected chi connectivity index (χ3v) is 10.3. The number of carbonyl (C=O) groups excluding carboxylic acids is 3. The molecular formula is C30H27ClIN7O6S. The zero-order valence-electron chi connectivity index (χ0n) is 24.7. The number of thiophene rings is 1. The normalized spacial score (nSPS) is 14.1. The number of alkyl halides is 2. The van der Waals surface area contributed by atoms with Crippen LogP contribution in [0.15, 0.2) is 48.2 Å². The highest BCUT2D eigenvalue weighted by molar-refractivity contribution is 14.1. The van der Waals surface area contributed by atoms with E-state index in [9.17, 15) is 29.6 Å². The van der Waals surface area contributed by atoms with E-state index in [-0.39, 0.29) is 34.6 Å². The Labute approximate surface area is 284 Å². The summed E-state index contributed by atoms with van der Waals surface area (Å²) in [5.41, 5.74) is 3.81. The SMILES string of the molecule is Cn1cc(NC(=O)c2cc([N+](=O)[O-])cn2C)cc1C(=O)Nc1cc(C(=O)N2C[C@H](CCl)c3c2cc(O)c2scc(CI)c32)n(C)c1. The van der Waals surface area contributed by atoms with Crippen molar-refractivity contribution in [3.63, 3.8) is 0 Å². The summed E-state index contributed by atoms with van der Waals surface area (Å²) in [5, 5.41) is 30.4. The smallest absolute Gasteiger partial charge is 0.287 e. The molecule has 0 saturated heterocycles. The summed E-state index contributed by atoms with van der Waals surface area (Å²) in [7, 11) is 4.87. The molecule has 5 aromatic rings. The zero-order chi connectivity index (χ0) is 33.0. The molecule has 13 nitrogen and oxygen atoms in total. The highest BCUT2D eigenvalue weighted by Gasteiger charge is 2.37. The van der Waals surface area contributed by atoms with E-state index in [1.165, 1.54) is 45.8 Å². The second-order valence-corrected chi connectivity index (χ2v) is 13.0. The second kappa shape index (κ2) is 12.1. The Morgan fingerprint density at radius 1 is 1.00 bits per heavy atom. The number of fused-ring (bicyclic) bond motifs is 3. The Kier molecular flexibility index (Phi) is 8.32. The fraction of sp³-hybridized carbons (Fsp3) is 0.233. The molecular weight excluding hydrogens is 749 g/mol. The van der Waals surface area contributed by atoms with E-state index in [0.717, 1.165) is 25.6 Å². The number of amides is 3. The number of carbonyl (C=O) groups is 3. The molecule has 0 spiro atoms. The molecule has 1 aliphatic heterocycles. The van der Waals surface area contributed by atoms with Gasteiger partial charge in [0.15, 0.2) is 0 Å². The van der Waals surface area contributed by atoms with Crippen LogP contribution in [-0.4, -0.2) is 53.9 Å². The number of aromatic hydroxyl groups is 1. The van der Waals surface area contributed by atoms with Crippen molar-refractivity contribution in [1.29, 1.82) is 0 Å². The number of nitrogens with zero attached hydrogens (tertiary/aromatic N) is 5. The number of anilines is 3. The third-order valence-electron chi connectivity index (χ3n) is 8.01. The van der Waals surface area contributed by atoms with Crippen molar-refractivity contribution in [2.45, 2.75) is 10.3 Å². The molecule has 238 valence electrons. The maximum atomic E-state index is 13.9. The molecule has 1 atom stereocenters. The number of aromatic nitrogens is 3. The van der Waals surface area contributed by atoms with E-state index in [0.29, 0.717) is 35.2 Å². The Hall–Kier alpha value is -4.35. The molecule has 0 saturated carbocycles. The maximum absolute atomic E-state index is 13.9. The summed E-state index contributed by atoms with van der Waals surface area (Å²) in [6.45, 7) is 0.355. The monoisotopic (exact) mass is 775 g/mol. The average Bonchev–Trinajstić information content (AvgIpc) is 3.82. The van der Waals surface area contributed by atoms with Crippen LogP contribution >= 0.6 is 45.5 Å². The number of nitrogens with one attached hydrogen (secondary N) is 2. The number of nitro groups is 1. The fourth-order valence-corrected chi connectivity index (χ4v) is 8.00. The molecule has 1 aromatic carbocycles. The number of benzene rings is 1. The standard InChI is InChI=1S/C30H27ClIN7O6S/c1-35-11-17(33-29(42)22-6-19(39(44)45)13-37(22)3)4-21(35)28(41)34-18-5-23(36(2)12-18)30(43)38-10-15(8-31)25-20(38)7-24(40)27-26(25)16(9-32)14-46-27/h4-7,11-15,40H,8-10H2,1-3H3,(H,33,42)(H,34,41)/t15-/m0/s1. The van der Waals surface area contributed by atoms with E-state index in [4.69, 9.17) is 11.6 Å². The lowest BCUT2D eigenvalue weighted by atomic mass is 9.97. The van der Waals surface area contributed by atoms with Gasteiger partial charge in [0.2, 0.25) is 0 Å². The van der Waals surface area contributed by atoms with Crippen molar-refractivity contribution in [1.82, 2.24) is 13.7 Å². The molecule has 3 amide bonds. The first-order chi connectivity index (χ1) is 21.9. The van der Waals surface area contributed by atoms with E-state index in [2.05, 4.69) is 33.2 Å². The predicted octanol–water partition coefficient (Wildman–Crippen LogP) is 5.95. The van der Waals surface area contributed by atoms with Crippen LogP contribution in [0.3, 0.4) is 0 Å². The number of aryl methyl sites for hydroxylation is 3.